The third kappa shape index (κ3) is 3.87. The molecular formula is C15H13N3O4S2. The van der Waals surface area contributed by atoms with Crippen LogP contribution in [0.2, 0.25) is 0 Å². The molecule has 0 saturated carbocycles. The van der Waals surface area contributed by atoms with E-state index in [-0.39, 0.29) is 23.6 Å². The molecule has 2 heterocycles. The van der Waals surface area contributed by atoms with E-state index in [1.54, 1.807) is 18.2 Å². The summed E-state index contributed by atoms with van der Waals surface area (Å²) in [6.07, 6.45) is 0.0879. The molecule has 1 aromatic carbocycles. The molecule has 0 radical (unpaired) electrons. The van der Waals surface area contributed by atoms with Crippen molar-refractivity contribution < 1.29 is 17.7 Å². The van der Waals surface area contributed by atoms with Gasteiger partial charge in [0.2, 0.25) is 17.6 Å². The Balaban J connectivity index is 1.58. The summed E-state index contributed by atoms with van der Waals surface area (Å²) < 4.78 is 31.2. The van der Waals surface area contributed by atoms with E-state index < -0.39 is 15.9 Å². The first-order valence-electron chi connectivity index (χ1n) is 7.00. The SMILES string of the molecule is O=C(CCc1nc(-c2ccsc2)no1)NS(=O)(=O)c1ccccc1. The predicted molar refractivity (Wildman–Crippen MR) is 87.7 cm³/mol. The third-order valence-electron chi connectivity index (χ3n) is 3.12. The summed E-state index contributed by atoms with van der Waals surface area (Å²) in [4.78, 5) is 16.1. The van der Waals surface area contributed by atoms with Crippen molar-refractivity contribution in [3.05, 3.63) is 53.0 Å². The lowest BCUT2D eigenvalue weighted by molar-refractivity contribution is -0.119. The zero-order valence-corrected chi connectivity index (χ0v) is 14.0. The van der Waals surface area contributed by atoms with E-state index in [1.165, 1.54) is 23.5 Å². The van der Waals surface area contributed by atoms with Gasteiger partial charge < -0.3 is 4.52 Å². The van der Waals surface area contributed by atoms with Gasteiger partial charge in [0.05, 0.1) is 4.90 Å². The first-order valence-corrected chi connectivity index (χ1v) is 9.43. The Morgan fingerprint density at radius 2 is 2.00 bits per heavy atom. The summed E-state index contributed by atoms with van der Waals surface area (Å²) in [5.74, 6) is 0.0983. The fraction of sp³-hybridized carbons (Fsp3) is 0.133. The van der Waals surface area contributed by atoms with Gasteiger partial charge in [-0.1, -0.05) is 23.4 Å². The van der Waals surface area contributed by atoms with Gasteiger partial charge in [-0.05, 0) is 23.6 Å². The molecule has 0 saturated heterocycles. The summed E-state index contributed by atoms with van der Waals surface area (Å²) >= 11 is 1.51. The van der Waals surface area contributed by atoms with E-state index in [4.69, 9.17) is 4.52 Å². The number of rotatable bonds is 6. The largest absolute Gasteiger partial charge is 0.339 e. The topological polar surface area (TPSA) is 102 Å². The number of thiophene rings is 1. The van der Waals surface area contributed by atoms with E-state index in [2.05, 4.69) is 10.1 Å². The zero-order valence-electron chi connectivity index (χ0n) is 12.4. The maximum absolute atomic E-state index is 12.0. The van der Waals surface area contributed by atoms with Crippen LogP contribution in [0.4, 0.5) is 0 Å². The number of nitrogens with one attached hydrogen (secondary N) is 1. The van der Waals surface area contributed by atoms with Crippen LogP contribution in [0.3, 0.4) is 0 Å². The second-order valence-electron chi connectivity index (χ2n) is 4.87. The smallest absolute Gasteiger partial charge is 0.264 e. The fourth-order valence-corrected chi connectivity index (χ4v) is 3.61. The monoisotopic (exact) mass is 363 g/mol. The van der Waals surface area contributed by atoms with Crippen molar-refractivity contribution in [2.75, 3.05) is 0 Å². The molecule has 1 N–H and O–H groups in total. The molecule has 0 aliphatic rings. The van der Waals surface area contributed by atoms with E-state index in [9.17, 15) is 13.2 Å². The highest BCUT2D eigenvalue weighted by molar-refractivity contribution is 7.90. The van der Waals surface area contributed by atoms with E-state index in [1.807, 2.05) is 21.5 Å². The molecule has 0 spiro atoms. The van der Waals surface area contributed by atoms with Crippen molar-refractivity contribution in [3.63, 3.8) is 0 Å². The predicted octanol–water partition coefficient (Wildman–Crippen LogP) is 2.24. The molecule has 0 aliphatic heterocycles. The number of aryl methyl sites for hydroxylation is 1. The van der Waals surface area contributed by atoms with E-state index in [0.29, 0.717) is 5.82 Å². The molecule has 0 unspecified atom stereocenters. The number of amides is 1. The summed E-state index contributed by atoms with van der Waals surface area (Å²) in [6, 6.07) is 9.56. The molecule has 3 rings (SSSR count). The second kappa shape index (κ2) is 6.93. The van der Waals surface area contributed by atoms with Gasteiger partial charge in [-0.25, -0.2) is 13.1 Å². The van der Waals surface area contributed by atoms with Crippen LogP contribution in [-0.4, -0.2) is 24.5 Å². The van der Waals surface area contributed by atoms with Crippen molar-refractivity contribution in [3.8, 4) is 11.4 Å². The number of benzene rings is 1. The van der Waals surface area contributed by atoms with Gasteiger partial charge in [-0.15, -0.1) is 0 Å². The number of carbonyl (C=O) groups excluding carboxylic acids is 1. The van der Waals surface area contributed by atoms with Crippen LogP contribution >= 0.6 is 11.3 Å². The zero-order chi connectivity index (χ0) is 17.0. The number of hydrogen-bond acceptors (Lipinski definition) is 7. The van der Waals surface area contributed by atoms with E-state index in [0.717, 1.165) is 5.56 Å². The summed E-state index contributed by atoms with van der Waals surface area (Å²) in [5.41, 5.74) is 0.839. The lowest BCUT2D eigenvalue weighted by atomic mass is 10.3. The van der Waals surface area contributed by atoms with Gasteiger partial charge >= 0.3 is 0 Å². The van der Waals surface area contributed by atoms with Gasteiger partial charge in [0, 0.05) is 23.8 Å². The highest BCUT2D eigenvalue weighted by Gasteiger charge is 2.18. The van der Waals surface area contributed by atoms with Crippen molar-refractivity contribution in [2.24, 2.45) is 0 Å². The average molecular weight is 363 g/mol. The molecular weight excluding hydrogens is 350 g/mol. The van der Waals surface area contributed by atoms with Gasteiger partial charge in [-0.3, -0.25) is 4.79 Å². The van der Waals surface area contributed by atoms with Gasteiger partial charge in [0.1, 0.15) is 0 Å². The van der Waals surface area contributed by atoms with Crippen LogP contribution in [0.5, 0.6) is 0 Å². The van der Waals surface area contributed by atoms with Crippen molar-refractivity contribution >= 4 is 27.3 Å². The standard InChI is InChI=1S/C15H13N3O4S2/c19-13(18-24(20,21)12-4-2-1-3-5-12)6-7-14-16-15(17-22-14)11-8-9-23-10-11/h1-5,8-10H,6-7H2,(H,18,19). The average Bonchev–Trinajstić information content (AvgIpc) is 3.25. The Morgan fingerprint density at radius 1 is 1.21 bits per heavy atom. The molecule has 3 aromatic rings. The molecule has 1 amide bonds. The van der Waals surface area contributed by atoms with Crippen molar-refractivity contribution in [1.82, 2.24) is 14.9 Å². The second-order valence-corrected chi connectivity index (χ2v) is 7.33. The minimum absolute atomic E-state index is 0.0379. The van der Waals surface area contributed by atoms with Crippen LogP contribution in [-0.2, 0) is 21.2 Å². The van der Waals surface area contributed by atoms with Gasteiger partial charge in [0.15, 0.2) is 0 Å². The molecule has 0 aliphatic carbocycles. The van der Waals surface area contributed by atoms with Crippen molar-refractivity contribution in [2.45, 2.75) is 17.7 Å². The molecule has 7 nitrogen and oxygen atoms in total. The number of aromatic nitrogens is 2. The molecule has 0 atom stereocenters. The summed E-state index contributed by atoms with van der Waals surface area (Å²) in [7, 11) is -3.86. The number of carbonyl (C=O) groups is 1. The number of hydrogen-bond donors (Lipinski definition) is 1. The molecule has 124 valence electrons. The van der Waals surface area contributed by atoms with Crippen LogP contribution < -0.4 is 4.72 Å². The van der Waals surface area contributed by atoms with Crippen LogP contribution in [0, 0.1) is 0 Å². The van der Waals surface area contributed by atoms with E-state index >= 15 is 0 Å². The lowest BCUT2D eigenvalue weighted by Crippen LogP contribution is -2.30. The molecule has 2 aromatic heterocycles. The first-order chi connectivity index (χ1) is 11.5. The molecule has 0 bridgehead atoms. The highest BCUT2D eigenvalue weighted by atomic mass is 32.2. The number of nitrogens with zero attached hydrogens (tertiary/aromatic N) is 2. The molecule has 24 heavy (non-hydrogen) atoms. The summed E-state index contributed by atoms with van der Waals surface area (Å²) in [6.45, 7) is 0. The van der Waals surface area contributed by atoms with Crippen molar-refractivity contribution in [1.29, 1.82) is 0 Å². The minimum atomic E-state index is -3.86. The Labute approximate surface area is 142 Å². The Morgan fingerprint density at radius 3 is 2.71 bits per heavy atom. The third-order valence-corrected chi connectivity index (χ3v) is 5.19. The van der Waals surface area contributed by atoms with Gasteiger partial charge in [0.25, 0.3) is 10.0 Å². The maximum Gasteiger partial charge on any atom is 0.264 e. The van der Waals surface area contributed by atoms with Crippen LogP contribution in [0.25, 0.3) is 11.4 Å². The quantitative estimate of drug-likeness (QED) is 0.720. The lowest BCUT2D eigenvalue weighted by Gasteiger charge is -2.05. The molecule has 0 fully saturated rings. The maximum atomic E-state index is 12.0. The van der Waals surface area contributed by atoms with Crippen LogP contribution in [0.1, 0.15) is 12.3 Å². The Kier molecular flexibility index (Phi) is 4.72. The normalized spacial score (nSPS) is 11.3. The van der Waals surface area contributed by atoms with Crippen LogP contribution in [0.15, 0.2) is 56.6 Å². The Hall–Kier alpha value is -2.52. The minimum Gasteiger partial charge on any atom is -0.339 e. The fourth-order valence-electron chi connectivity index (χ4n) is 1.95. The summed E-state index contributed by atoms with van der Waals surface area (Å²) in [5, 5.41) is 7.61. The highest BCUT2D eigenvalue weighted by Crippen LogP contribution is 2.19. The molecule has 9 heteroatoms. The first kappa shape index (κ1) is 16.3. The number of sulfonamides is 1. The van der Waals surface area contributed by atoms with Gasteiger partial charge in [-0.2, -0.15) is 16.3 Å². The Bertz CT molecular complexity index is 919.